The molecule has 1 aromatic heterocycles. The van der Waals surface area contributed by atoms with E-state index in [0.29, 0.717) is 0 Å². The van der Waals surface area contributed by atoms with Gasteiger partial charge in [0, 0.05) is 0 Å². The maximum absolute atomic E-state index is 10.2. The smallest absolute Gasteiger partial charge is 0.323 e. The molecule has 0 aliphatic carbocycles. The molecule has 0 aromatic carbocycles. The first-order valence-electron chi connectivity index (χ1n) is 4.27. The van der Waals surface area contributed by atoms with E-state index in [-0.39, 0.29) is 19.8 Å². The summed E-state index contributed by atoms with van der Waals surface area (Å²) >= 11 is 0. The fourth-order valence-electron chi connectivity index (χ4n) is 0.943. The molecular weight excluding hydrogens is 236 g/mol. The summed E-state index contributed by atoms with van der Waals surface area (Å²) in [6.45, 7) is 0.227. The lowest BCUT2D eigenvalue weighted by Gasteiger charge is -1.96. The zero-order chi connectivity index (χ0) is 12.0. The van der Waals surface area contributed by atoms with Crippen LogP contribution in [0.15, 0.2) is 18.7 Å². The normalized spacial score (nSPS) is 11.0. The first-order valence-corrected chi connectivity index (χ1v) is 5.63. The lowest BCUT2D eigenvalue weighted by atomic mass is 10.7. The summed E-state index contributed by atoms with van der Waals surface area (Å²) in [4.78, 5) is 5.03. The summed E-state index contributed by atoms with van der Waals surface area (Å²) in [5, 5.41) is 0. The maximum Gasteiger partial charge on any atom is 0.397 e. The second kappa shape index (κ2) is 5.50. The van der Waals surface area contributed by atoms with Gasteiger partial charge in [-0.05, 0) is 0 Å². The van der Waals surface area contributed by atoms with Gasteiger partial charge in [-0.3, -0.25) is 4.55 Å². The topological polar surface area (TPSA) is 81.6 Å². The predicted molar refractivity (Wildman–Crippen MR) is 52.4 cm³/mol. The van der Waals surface area contributed by atoms with Crippen LogP contribution >= 0.6 is 0 Å². The van der Waals surface area contributed by atoms with E-state index < -0.39 is 10.4 Å². The van der Waals surface area contributed by atoms with E-state index in [0.717, 1.165) is 0 Å². The number of terminal acetylenes is 1. The van der Waals surface area contributed by atoms with Gasteiger partial charge in [0.15, 0.2) is 12.8 Å². The minimum atomic E-state index is -4.38. The molecule has 0 radical (unpaired) electrons. The van der Waals surface area contributed by atoms with E-state index in [1.807, 2.05) is 0 Å². The predicted octanol–water partition coefficient (Wildman–Crippen LogP) is -1.34. The van der Waals surface area contributed by atoms with Crippen LogP contribution in [0.2, 0.25) is 0 Å². The molecule has 0 bridgehead atoms. The fraction of sp³-hybridized carbons (Fsp3) is 0.375. The molecule has 0 aliphatic rings. The van der Waals surface area contributed by atoms with Crippen LogP contribution in [0.25, 0.3) is 0 Å². The van der Waals surface area contributed by atoms with Gasteiger partial charge in [0.1, 0.15) is 19.3 Å². The minimum Gasteiger partial charge on any atom is -0.323 e. The van der Waals surface area contributed by atoms with Crippen molar-refractivity contribution in [2.75, 3.05) is 13.2 Å². The van der Waals surface area contributed by atoms with Gasteiger partial charge in [-0.25, -0.2) is 8.75 Å². The fourth-order valence-corrected chi connectivity index (χ4v) is 1.23. The molecule has 1 N–H and O–H groups in total. The monoisotopic (exact) mass is 247 g/mol. The highest BCUT2D eigenvalue weighted by Crippen LogP contribution is 1.86. The minimum absolute atomic E-state index is 0.135. The van der Waals surface area contributed by atoms with Gasteiger partial charge in [-0.15, -0.1) is 6.42 Å². The second-order valence-corrected chi connectivity index (χ2v) is 3.83. The number of aromatic nitrogens is 2. The molecule has 0 spiro atoms. The average Bonchev–Trinajstić information content (AvgIpc) is 2.61. The standard InChI is InChI=1S/C8H10N2O5S/c1-2-6-14-10-4-3-9(8-10)5-7-15-16(11,12)13/h1,3-4,8H,5-7H2/p+1. The summed E-state index contributed by atoms with van der Waals surface area (Å²) in [5.41, 5.74) is 0. The molecule has 0 unspecified atom stereocenters. The Balaban J connectivity index is 2.38. The Morgan fingerprint density at radius 3 is 2.94 bits per heavy atom. The third kappa shape index (κ3) is 4.79. The van der Waals surface area contributed by atoms with Gasteiger partial charge < -0.3 is 4.84 Å². The molecule has 0 amide bonds. The molecule has 7 nitrogen and oxygen atoms in total. The van der Waals surface area contributed by atoms with Crippen molar-refractivity contribution in [1.29, 1.82) is 0 Å². The Hall–Kier alpha value is -1.56. The van der Waals surface area contributed by atoms with Gasteiger partial charge in [-0.2, -0.15) is 8.42 Å². The Bertz CT molecular complexity index is 473. The van der Waals surface area contributed by atoms with Gasteiger partial charge in [0.2, 0.25) is 0 Å². The van der Waals surface area contributed by atoms with Crippen LogP contribution < -0.4 is 9.40 Å². The maximum atomic E-state index is 10.2. The lowest BCUT2D eigenvalue weighted by Crippen LogP contribution is -2.34. The van der Waals surface area contributed by atoms with Gasteiger partial charge in [0.25, 0.3) is 6.33 Å². The molecule has 1 heterocycles. The summed E-state index contributed by atoms with van der Waals surface area (Å²) in [6.07, 6.45) is 9.81. The molecule has 1 aromatic rings. The van der Waals surface area contributed by atoms with E-state index >= 15 is 0 Å². The van der Waals surface area contributed by atoms with Crippen molar-refractivity contribution < 1.29 is 26.6 Å². The molecule has 88 valence electrons. The van der Waals surface area contributed by atoms with Crippen LogP contribution in [-0.4, -0.2) is 30.9 Å². The largest absolute Gasteiger partial charge is 0.397 e. The highest BCUT2D eigenvalue weighted by atomic mass is 32.3. The van der Waals surface area contributed by atoms with E-state index in [1.165, 1.54) is 4.73 Å². The molecule has 0 saturated heterocycles. The van der Waals surface area contributed by atoms with E-state index in [4.69, 9.17) is 15.8 Å². The first-order chi connectivity index (χ1) is 7.51. The molecule has 0 atom stereocenters. The number of rotatable bonds is 6. The van der Waals surface area contributed by atoms with Crippen molar-refractivity contribution >= 4 is 10.4 Å². The van der Waals surface area contributed by atoms with Crippen molar-refractivity contribution in [3.8, 4) is 12.3 Å². The summed E-state index contributed by atoms with van der Waals surface area (Å²) in [6, 6.07) is 0. The molecular formula is C8H11N2O5S+. The highest BCUT2D eigenvalue weighted by molar-refractivity contribution is 7.80. The lowest BCUT2D eigenvalue weighted by molar-refractivity contribution is -0.698. The van der Waals surface area contributed by atoms with Crippen LogP contribution in [0.4, 0.5) is 0 Å². The summed E-state index contributed by atoms with van der Waals surface area (Å²) < 4.78 is 35.9. The molecule has 0 fully saturated rings. The summed E-state index contributed by atoms with van der Waals surface area (Å²) in [7, 11) is -4.38. The third-order valence-corrected chi connectivity index (χ3v) is 2.01. The van der Waals surface area contributed by atoms with Crippen LogP contribution in [0.3, 0.4) is 0 Å². The number of nitrogens with zero attached hydrogens (tertiary/aromatic N) is 2. The Kier molecular flexibility index (Phi) is 4.30. The van der Waals surface area contributed by atoms with E-state index in [1.54, 1.807) is 23.3 Å². The second-order valence-electron chi connectivity index (χ2n) is 2.74. The Labute approximate surface area is 93.1 Å². The SMILES string of the molecule is C#CCOn1cc[n+](CCOS(=O)(=O)O)c1. The van der Waals surface area contributed by atoms with Crippen LogP contribution in [0.5, 0.6) is 0 Å². The van der Waals surface area contributed by atoms with Crippen molar-refractivity contribution in [3.05, 3.63) is 18.7 Å². The third-order valence-electron chi connectivity index (χ3n) is 1.55. The molecule has 16 heavy (non-hydrogen) atoms. The number of imidazole rings is 1. The van der Waals surface area contributed by atoms with E-state index in [2.05, 4.69) is 10.1 Å². The van der Waals surface area contributed by atoms with E-state index in [9.17, 15) is 8.42 Å². The van der Waals surface area contributed by atoms with Crippen molar-refractivity contribution in [3.63, 3.8) is 0 Å². The van der Waals surface area contributed by atoms with Crippen molar-refractivity contribution in [1.82, 2.24) is 4.73 Å². The first kappa shape index (κ1) is 12.5. The number of hydrogen-bond donors (Lipinski definition) is 1. The highest BCUT2D eigenvalue weighted by Gasteiger charge is 2.07. The van der Waals surface area contributed by atoms with Crippen LogP contribution in [0, 0.1) is 12.3 Å². The van der Waals surface area contributed by atoms with Gasteiger partial charge in [-0.1, -0.05) is 10.7 Å². The molecule has 0 aliphatic heterocycles. The quantitative estimate of drug-likeness (QED) is 0.382. The summed E-state index contributed by atoms with van der Waals surface area (Å²) in [5.74, 6) is 2.30. The zero-order valence-corrected chi connectivity index (χ0v) is 9.13. The van der Waals surface area contributed by atoms with Crippen LogP contribution in [0.1, 0.15) is 0 Å². The molecule has 1 rings (SSSR count). The average molecular weight is 247 g/mol. The number of hydrogen-bond acceptors (Lipinski definition) is 4. The van der Waals surface area contributed by atoms with Gasteiger partial charge >= 0.3 is 10.4 Å². The van der Waals surface area contributed by atoms with Crippen molar-refractivity contribution in [2.24, 2.45) is 0 Å². The Morgan fingerprint density at radius 1 is 1.56 bits per heavy atom. The van der Waals surface area contributed by atoms with Crippen LogP contribution in [-0.2, 0) is 21.1 Å². The van der Waals surface area contributed by atoms with Gasteiger partial charge in [0.05, 0.1) is 0 Å². The Morgan fingerprint density at radius 2 is 2.31 bits per heavy atom. The zero-order valence-electron chi connectivity index (χ0n) is 8.31. The molecule has 8 heteroatoms. The van der Waals surface area contributed by atoms with Crippen molar-refractivity contribution in [2.45, 2.75) is 6.54 Å². The molecule has 0 saturated carbocycles.